The Morgan fingerprint density at radius 3 is 2.43 bits per heavy atom. The highest BCUT2D eigenvalue weighted by molar-refractivity contribution is 6.04. The van der Waals surface area contributed by atoms with Crippen molar-refractivity contribution in [2.45, 2.75) is 45.1 Å². The summed E-state index contributed by atoms with van der Waals surface area (Å²) in [6.07, 6.45) is 0.893. The van der Waals surface area contributed by atoms with Gasteiger partial charge in [-0.15, -0.1) is 0 Å². The molecule has 8 heteroatoms. The first-order valence-electron chi connectivity index (χ1n) is 14.9. The number of esters is 1. The number of hydrogen-bond acceptors (Lipinski definition) is 8. The van der Waals surface area contributed by atoms with Crippen molar-refractivity contribution in [3.8, 4) is 17.2 Å². The summed E-state index contributed by atoms with van der Waals surface area (Å²) >= 11 is 0. The molecule has 230 valence electrons. The zero-order valence-electron chi connectivity index (χ0n) is 25.7. The van der Waals surface area contributed by atoms with Crippen molar-refractivity contribution in [3.63, 3.8) is 0 Å². The third kappa shape index (κ3) is 6.81. The number of rotatable bonds is 12. The van der Waals surface area contributed by atoms with Crippen LogP contribution in [0, 0.1) is 0 Å². The monoisotopic (exact) mass is 597 g/mol. The predicted octanol–water partition coefficient (Wildman–Crippen LogP) is 6.22. The highest BCUT2D eigenvalue weighted by Crippen LogP contribution is 2.47. The van der Waals surface area contributed by atoms with Crippen molar-refractivity contribution >= 4 is 11.8 Å². The number of allylic oxidation sites excluding steroid dienone is 3. The van der Waals surface area contributed by atoms with E-state index in [2.05, 4.69) is 5.32 Å². The summed E-state index contributed by atoms with van der Waals surface area (Å²) in [5.41, 5.74) is 5.29. The van der Waals surface area contributed by atoms with E-state index in [1.807, 2.05) is 86.6 Å². The quantitative estimate of drug-likeness (QED) is 0.194. The van der Waals surface area contributed by atoms with Crippen molar-refractivity contribution in [3.05, 3.63) is 112 Å². The van der Waals surface area contributed by atoms with Crippen LogP contribution in [0.2, 0.25) is 0 Å². The molecule has 8 nitrogen and oxygen atoms in total. The highest BCUT2D eigenvalue weighted by atomic mass is 16.6. The lowest BCUT2D eigenvalue weighted by atomic mass is 9.71. The standard InChI is InChI=1S/C36H39NO7/c1-5-42-16-17-43-36(39)33-23(2)37-29-19-27(25-14-15-31(40-3)32(21-25)41-4)20-30(38)35(29)34(33)26-12-9-13-28(18-26)44-22-24-10-7-6-8-11-24/h6-15,18,21,27,34,37H,5,16-17,19-20,22H2,1-4H3. The van der Waals surface area contributed by atoms with E-state index in [4.69, 9.17) is 23.7 Å². The largest absolute Gasteiger partial charge is 0.493 e. The van der Waals surface area contributed by atoms with Gasteiger partial charge in [-0.05, 0) is 67.1 Å². The van der Waals surface area contributed by atoms with Gasteiger partial charge in [-0.2, -0.15) is 0 Å². The van der Waals surface area contributed by atoms with Gasteiger partial charge >= 0.3 is 5.97 Å². The van der Waals surface area contributed by atoms with Gasteiger partial charge in [-0.1, -0.05) is 48.5 Å². The van der Waals surface area contributed by atoms with E-state index in [1.165, 1.54) is 0 Å². The van der Waals surface area contributed by atoms with Gasteiger partial charge in [0.1, 0.15) is 19.0 Å². The number of carbonyl (C=O) groups is 2. The van der Waals surface area contributed by atoms with Gasteiger partial charge in [-0.3, -0.25) is 4.79 Å². The maximum absolute atomic E-state index is 14.1. The second-order valence-corrected chi connectivity index (χ2v) is 10.8. The van der Waals surface area contributed by atoms with Gasteiger partial charge in [0.15, 0.2) is 17.3 Å². The minimum absolute atomic E-state index is 0.0220. The van der Waals surface area contributed by atoms with Gasteiger partial charge in [0, 0.05) is 35.9 Å². The van der Waals surface area contributed by atoms with Crippen LogP contribution in [0.1, 0.15) is 55.2 Å². The Hall–Kier alpha value is -4.56. The third-order valence-corrected chi connectivity index (χ3v) is 8.03. The maximum atomic E-state index is 14.1. The number of nitrogens with one attached hydrogen (secondary N) is 1. The number of Topliss-reactive ketones (excluding diaryl/α,β-unsaturated/α-hetero) is 1. The molecule has 0 saturated carbocycles. The molecule has 1 N–H and O–H groups in total. The Kier molecular flexibility index (Phi) is 10.0. The van der Waals surface area contributed by atoms with Gasteiger partial charge in [0.05, 0.1) is 26.4 Å². The topological polar surface area (TPSA) is 92.3 Å². The predicted molar refractivity (Wildman–Crippen MR) is 167 cm³/mol. The van der Waals surface area contributed by atoms with Crippen molar-refractivity contribution in [1.82, 2.24) is 5.32 Å². The van der Waals surface area contributed by atoms with Crippen LogP contribution in [0.4, 0.5) is 0 Å². The van der Waals surface area contributed by atoms with E-state index < -0.39 is 11.9 Å². The lowest BCUT2D eigenvalue weighted by Crippen LogP contribution is -2.36. The average Bonchev–Trinajstić information content (AvgIpc) is 3.05. The number of methoxy groups -OCH3 is 2. The molecule has 5 rings (SSSR count). The van der Waals surface area contributed by atoms with Crippen LogP contribution < -0.4 is 19.5 Å². The molecule has 0 bridgehead atoms. The van der Waals surface area contributed by atoms with E-state index in [-0.39, 0.29) is 18.3 Å². The zero-order valence-corrected chi connectivity index (χ0v) is 25.7. The molecular weight excluding hydrogens is 558 g/mol. The summed E-state index contributed by atoms with van der Waals surface area (Å²) in [6.45, 7) is 5.10. The summed E-state index contributed by atoms with van der Waals surface area (Å²) in [5, 5.41) is 3.41. The van der Waals surface area contributed by atoms with Crippen LogP contribution in [0.5, 0.6) is 17.2 Å². The second-order valence-electron chi connectivity index (χ2n) is 10.8. The molecule has 1 heterocycles. The molecule has 0 spiro atoms. The number of hydrogen-bond donors (Lipinski definition) is 1. The molecule has 3 aromatic rings. The van der Waals surface area contributed by atoms with Crippen LogP contribution >= 0.6 is 0 Å². The Bertz CT molecular complexity index is 1560. The van der Waals surface area contributed by atoms with Crippen LogP contribution in [0.15, 0.2) is 95.3 Å². The maximum Gasteiger partial charge on any atom is 0.336 e. The third-order valence-electron chi connectivity index (χ3n) is 8.03. The average molecular weight is 598 g/mol. The highest BCUT2D eigenvalue weighted by Gasteiger charge is 2.41. The van der Waals surface area contributed by atoms with E-state index in [1.54, 1.807) is 14.2 Å². The molecule has 0 radical (unpaired) electrons. The molecule has 1 aliphatic heterocycles. The number of ether oxygens (including phenoxy) is 5. The first-order valence-corrected chi connectivity index (χ1v) is 14.9. The normalized spacial score (nSPS) is 18.0. The lowest BCUT2D eigenvalue weighted by Gasteiger charge is -2.37. The Morgan fingerprint density at radius 1 is 0.886 bits per heavy atom. The lowest BCUT2D eigenvalue weighted by molar-refractivity contribution is -0.140. The molecule has 0 amide bonds. The number of carbonyl (C=O) groups excluding carboxylic acids is 2. The molecule has 44 heavy (non-hydrogen) atoms. The molecule has 0 fully saturated rings. The molecular formula is C36H39NO7. The van der Waals surface area contributed by atoms with Crippen LogP contribution in [-0.2, 0) is 25.7 Å². The summed E-state index contributed by atoms with van der Waals surface area (Å²) in [4.78, 5) is 27.6. The first kappa shape index (κ1) is 30.9. The van der Waals surface area contributed by atoms with Crippen LogP contribution in [0.3, 0.4) is 0 Å². The number of benzene rings is 3. The van der Waals surface area contributed by atoms with Crippen LogP contribution in [0.25, 0.3) is 0 Å². The van der Waals surface area contributed by atoms with E-state index in [0.717, 1.165) is 22.4 Å². The minimum atomic E-state index is -0.607. The summed E-state index contributed by atoms with van der Waals surface area (Å²) < 4.78 is 28.1. The summed E-state index contributed by atoms with van der Waals surface area (Å²) in [5.74, 6) is 0.734. The Labute approximate surface area is 258 Å². The van der Waals surface area contributed by atoms with Gasteiger partial charge in [0.25, 0.3) is 0 Å². The van der Waals surface area contributed by atoms with Crippen molar-refractivity contribution in [2.24, 2.45) is 0 Å². The first-order chi connectivity index (χ1) is 21.4. The zero-order chi connectivity index (χ0) is 31.1. The second kappa shape index (κ2) is 14.3. The summed E-state index contributed by atoms with van der Waals surface area (Å²) in [7, 11) is 3.20. The SMILES string of the molecule is CCOCCOC(=O)C1=C(C)NC2=C(C(=O)CC(c3ccc(OC)c(OC)c3)C2)C1c1cccc(OCc2ccccc2)c1. The molecule has 0 aromatic heterocycles. The van der Waals surface area contributed by atoms with Crippen molar-refractivity contribution < 1.29 is 33.3 Å². The smallest absolute Gasteiger partial charge is 0.336 e. The molecule has 0 saturated heterocycles. The fraction of sp³-hybridized carbons (Fsp3) is 0.333. The number of dihydropyridines is 1. The van der Waals surface area contributed by atoms with Gasteiger partial charge in [0.2, 0.25) is 0 Å². The van der Waals surface area contributed by atoms with Crippen molar-refractivity contribution in [2.75, 3.05) is 34.0 Å². The molecule has 3 aromatic carbocycles. The van der Waals surface area contributed by atoms with Gasteiger partial charge in [-0.25, -0.2) is 4.79 Å². The van der Waals surface area contributed by atoms with E-state index >= 15 is 0 Å². The van der Waals surface area contributed by atoms with Crippen LogP contribution in [-0.4, -0.2) is 45.8 Å². The minimum Gasteiger partial charge on any atom is -0.493 e. The van der Waals surface area contributed by atoms with Crippen molar-refractivity contribution in [1.29, 1.82) is 0 Å². The van der Waals surface area contributed by atoms with E-state index in [9.17, 15) is 9.59 Å². The Balaban J connectivity index is 1.49. The molecule has 1 aliphatic carbocycles. The Morgan fingerprint density at radius 2 is 1.68 bits per heavy atom. The summed E-state index contributed by atoms with van der Waals surface area (Å²) in [6, 6.07) is 23.3. The molecule has 2 atom stereocenters. The van der Waals surface area contributed by atoms with Gasteiger partial charge < -0.3 is 29.0 Å². The number of ketones is 1. The fourth-order valence-electron chi connectivity index (χ4n) is 5.93. The molecule has 2 unspecified atom stereocenters. The van der Waals surface area contributed by atoms with E-state index in [0.29, 0.717) is 66.8 Å². The fourth-order valence-corrected chi connectivity index (χ4v) is 5.93. The molecule has 2 aliphatic rings.